The second kappa shape index (κ2) is 6.91. The molecule has 0 aliphatic carbocycles. The van der Waals surface area contributed by atoms with Crippen LogP contribution in [0.25, 0.3) is 0 Å². The Morgan fingerprint density at radius 2 is 1.70 bits per heavy atom. The highest BCUT2D eigenvalue weighted by molar-refractivity contribution is 5.77. The van der Waals surface area contributed by atoms with Gasteiger partial charge in [-0.2, -0.15) is 0 Å². The highest BCUT2D eigenvalue weighted by Crippen LogP contribution is 2.38. The Kier molecular flexibility index (Phi) is 5.86. The SMILES string of the molecule is CNC(=O)CN(C)Cc1cc(C(C)(C)C)cc(C(C)(C)C)c1O. The fourth-order valence-corrected chi connectivity index (χ4v) is 2.49. The molecule has 0 radical (unpaired) electrons. The monoisotopic (exact) mass is 320 g/mol. The van der Waals surface area contributed by atoms with E-state index in [4.69, 9.17) is 0 Å². The molecule has 1 aromatic rings. The Morgan fingerprint density at radius 3 is 2.13 bits per heavy atom. The molecule has 23 heavy (non-hydrogen) atoms. The smallest absolute Gasteiger partial charge is 0.233 e. The zero-order valence-corrected chi connectivity index (χ0v) is 15.9. The molecule has 1 aromatic carbocycles. The molecule has 0 saturated heterocycles. The summed E-state index contributed by atoms with van der Waals surface area (Å²) in [6.07, 6.45) is 0. The normalized spacial score (nSPS) is 12.6. The molecule has 4 nitrogen and oxygen atoms in total. The van der Waals surface area contributed by atoms with Crippen LogP contribution in [0.3, 0.4) is 0 Å². The fraction of sp³-hybridized carbons (Fsp3) is 0.632. The summed E-state index contributed by atoms with van der Waals surface area (Å²) in [5.74, 6) is 0.310. The number of carbonyl (C=O) groups is 1. The van der Waals surface area contributed by atoms with Crippen molar-refractivity contribution in [1.29, 1.82) is 0 Å². The van der Waals surface area contributed by atoms with E-state index in [1.165, 1.54) is 5.56 Å². The third-order valence-electron chi connectivity index (χ3n) is 4.00. The topological polar surface area (TPSA) is 52.6 Å². The van der Waals surface area contributed by atoms with E-state index in [-0.39, 0.29) is 16.7 Å². The van der Waals surface area contributed by atoms with Gasteiger partial charge in [0.1, 0.15) is 5.75 Å². The van der Waals surface area contributed by atoms with Gasteiger partial charge in [-0.15, -0.1) is 0 Å². The first-order valence-corrected chi connectivity index (χ1v) is 8.12. The number of aromatic hydroxyl groups is 1. The van der Waals surface area contributed by atoms with E-state index in [2.05, 4.69) is 59.0 Å². The minimum absolute atomic E-state index is 0.00180. The van der Waals surface area contributed by atoms with Crippen LogP contribution in [0.4, 0.5) is 0 Å². The first-order chi connectivity index (χ1) is 10.4. The number of amides is 1. The summed E-state index contributed by atoms with van der Waals surface area (Å²) in [5, 5.41) is 13.4. The van der Waals surface area contributed by atoms with Crippen molar-refractivity contribution in [1.82, 2.24) is 10.2 Å². The number of hydrogen-bond donors (Lipinski definition) is 2. The van der Waals surface area contributed by atoms with Crippen LogP contribution in [0, 0.1) is 0 Å². The first kappa shape index (κ1) is 19.5. The van der Waals surface area contributed by atoms with Gasteiger partial charge >= 0.3 is 0 Å². The van der Waals surface area contributed by atoms with Crippen LogP contribution in [-0.4, -0.2) is 36.6 Å². The Morgan fingerprint density at radius 1 is 1.13 bits per heavy atom. The summed E-state index contributed by atoms with van der Waals surface area (Å²) in [6, 6.07) is 4.17. The molecule has 0 saturated carbocycles. The van der Waals surface area contributed by atoms with Gasteiger partial charge in [0.05, 0.1) is 6.54 Å². The van der Waals surface area contributed by atoms with Gasteiger partial charge < -0.3 is 10.4 Å². The maximum Gasteiger partial charge on any atom is 0.233 e. The van der Waals surface area contributed by atoms with E-state index in [1.807, 2.05) is 11.9 Å². The molecule has 0 fully saturated rings. The number of rotatable bonds is 4. The van der Waals surface area contributed by atoms with Crippen molar-refractivity contribution < 1.29 is 9.90 Å². The van der Waals surface area contributed by atoms with Crippen molar-refractivity contribution in [2.75, 3.05) is 20.6 Å². The summed E-state index contributed by atoms with van der Waals surface area (Å²) in [5.41, 5.74) is 2.88. The number of phenols is 1. The molecule has 0 aromatic heterocycles. The number of nitrogens with one attached hydrogen (secondary N) is 1. The lowest BCUT2D eigenvalue weighted by atomic mass is 9.79. The van der Waals surface area contributed by atoms with Crippen molar-refractivity contribution in [3.05, 3.63) is 28.8 Å². The third-order valence-corrected chi connectivity index (χ3v) is 4.00. The molecule has 0 aliphatic rings. The van der Waals surface area contributed by atoms with Crippen molar-refractivity contribution in [2.24, 2.45) is 0 Å². The number of phenolic OH excluding ortho intramolecular Hbond substituents is 1. The molecule has 0 unspecified atom stereocenters. The molecule has 130 valence electrons. The Labute approximate surface area is 140 Å². The summed E-state index contributed by atoms with van der Waals surface area (Å²) in [6.45, 7) is 13.7. The molecule has 2 N–H and O–H groups in total. The van der Waals surface area contributed by atoms with Gasteiger partial charge in [-0.1, -0.05) is 53.7 Å². The minimum atomic E-state index is -0.139. The minimum Gasteiger partial charge on any atom is -0.507 e. The van der Waals surface area contributed by atoms with Gasteiger partial charge in [0.2, 0.25) is 5.91 Å². The fourth-order valence-electron chi connectivity index (χ4n) is 2.49. The Hall–Kier alpha value is -1.55. The Balaban J connectivity index is 3.27. The molecule has 1 rings (SSSR count). The zero-order valence-electron chi connectivity index (χ0n) is 15.9. The van der Waals surface area contributed by atoms with Crippen LogP contribution in [-0.2, 0) is 22.2 Å². The van der Waals surface area contributed by atoms with Gasteiger partial charge in [0.25, 0.3) is 0 Å². The average molecular weight is 320 g/mol. The Bertz CT molecular complexity index is 566. The van der Waals surface area contributed by atoms with Crippen molar-refractivity contribution >= 4 is 5.91 Å². The quantitative estimate of drug-likeness (QED) is 0.896. The van der Waals surface area contributed by atoms with Gasteiger partial charge in [-0.05, 0) is 29.0 Å². The summed E-state index contributed by atoms with van der Waals surface area (Å²) in [7, 11) is 3.51. The van der Waals surface area contributed by atoms with Gasteiger partial charge in [-0.25, -0.2) is 0 Å². The number of benzene rings is 1. The van der Waals surface area contributed by atoms with Gasteiger partial charge in [0.15, 0.2) is 0 Å². The number of carbonyl (C=O) groups excluding carboxylic acids is 1. The predicted octanol–water partition coefficient (Wildman–Crippen LogP) is 3.17. The second-order valence-corrected chi connectivity index (χ2v) is 8.38. The van der Waals surface area contributed by atoms with E-state index >= 15 is 0 Å². The maximum absolute atomic E-state index is 11.5. The summed E-state index contributed by atoms with van der Waals surface area (Å²) >= 11 is 0. The van der Waals surface area contributed by atoms with E-state index in [1.54, 1.807) is 7.05 Å². The average Bonchev–Trinajstić information content (AvgIpc) is 2.38. The molecule has 0 bridgehead atoms. The number of hydrogen-bond acceptors (Lipinski definition) is 3. The summed E-state index contributed by atoms with van der Waals surface area (Å²) < 4.78 is 0. The predicted molar refractivity (Wildman–Crippen MR) is 95.9 cm³/mol. The van der Waals surface area contributed by atoms with Gasteiger partial charge in [0, 0.05) is 19.2 Å². The molecular weight excluding hydrogens is 288 g/mol. The number of nitrogens with zero attached hydrogens (tertiary/aromatic N) is 1. The van der Waals surface area contributed by atoms with Crippen LogP contribution < -0.4 is 5.32 Å². The van der Waals surface area contributed by atoms with Crippen LogP contribution in [0.1, 0.15) is 58.2 Å². The van der Waals surface area contributed by atoms with Crippen molar-refractivity contribution in [2.45, 2.75) is 58.9 Å². The van der Waals surface area contributed by atoms with Crippen molar-refractivity contribution in [3.8, 4) is 5.75 Å². The van der Waals surface area contributed by atoms with Crippen LogP contribution in [0.2, 0.25) is 0 Å². The molecule has 0 heterocycles. The lowest BCUT2D eigenvalue weighted by molar-refractivity contribution is -0.121. The highest BCUT2D eigenvalue weighted by atomic mass is 16.3. The second-order valence-electron chi connectivity index (χ2n) is 8.38. The van der Waals surface area contributed by atoms with Crippen LogP contribution >= 0.6 is 0 Å². The molecule has 0 spiro atoms. The first-order valence-electron chi connectivity index (χ1n) is 8.12. The lowest BCUT2D eigenvalue weighted by Crippen LogP contribution is -2.32. The van der Waals surface area contributed by atoms with Gasteiger partial charge in [-0.3, -0.25) is 9.69 Å². The zero-order chi connectivity index (χ0) is 18.0. The third kappa shape index (κ3) is 5.24. The molecule has 0 atom stereocenters. The van der Waals surface area contributed by atoms with Crippen LogP contribution in [0.5, 0.6) is 5.75 Å². The van der Waals surface area contributed by atoms with E-state index in [0.717, 1.165) is 11.1 Å². The highest BCUT2D eigenvalue weighted by Gasteiger charge is 2.25. The molecule has 1 amide bonds. The standard InChI is InChI=1S/C19H32N2O2/c1-18(2,3)14-9-13(11-21(8)12-16(22)20-7)17(23)15(10-14)19(4,5)6/h9-10,23H,11-12H2,1-8H3,(H,20,22). The summed E-state index contributed by atoms with van der Waals surface area (Å²) in [4.78, 5) is 13.4. The molecule has 0 aliphatic heterocycles. The molecular formula is C19H32N2O2. The molecule has 4 heteroatoms. The maximum atomic E-state index is 11.5. The largest absolute Gasteiger partial charge is 0.507 e. The van der Waals surface area contributed by atoms with E-state index < -0.39 is 0 Å². The lowest BCUT2D eigenvalue weighted by Gasteiger charge is -2.28. The van der Waals surface area contributed by atoms with E-state index in [0.29, 0.717) is 18.8 Å². The van der Waals surface area contributed by atoms with Crippen LogP contribution in [0.15, 0.2) is 12.1 Å². The van der Waals surface area contributed by atoms with E-state index in [9.17, 15) is 9.90 Å². The van der Waals surface area contributed by atoms with Crippen molar-refractivity contribution in [3.63, 3.8) is 0 Å². The number of likely N-dealkylation sites (N-methyl/N-ethyl adjacent to an activating group) is 2.